The summed E-state index contributed by atoms with van der Waals surface area (Å²) in [6.45, 7) is 14.7. The van der Waals surface area contributed by atoms with Crippen molar-refractivity contribution in [1.82, 2.24) is 4.90 Å². The standard InChI is InChI=1S/C15H29NO5/c1-10(12(17)18)16(13(19)21-15(6,7)8)11(2)20-9-14(3,4)5/h10-11H,9H2,1-8H3,(H,17,18)/t10-,11+/m0/s1. The third-order valence-electron chi connectivity index (χ3n) is 2.53. The zero-order valence-electron chi connectivity index (χ0n) is 14.4. The van der Waals surface area contributed by atoms with Gasteiger partial charge in [0.2, 0.25) is 0 Å². The van der Waals surface area contributed by atoms with Gasteiger partial charge in [0, 0.05) is 0 Å². The number of amides is 1. The first-order chi connectivity index (χ1) is 9.24. The van der Waals surface area contributed by atoms with Crippen LogP contribution >= 0.6 is 0 Å². The lowest BCUT2D eigenvalue weighted by Gasteiger charge is -2.35. The maximum Gasteiger partial charge on any atom is 0.413 e. The van der Waals surface area contributed by atoms with E-state index >= 15 is 0 Å². The predicted molar refractivity (Wildman–Crippen MR) is 80.0 cm³/mol. The van der Waals surface area contributed by atoms with E-state index < -0.39 is 29.9 Å². The average Bonchev–Trinajstić information content (AvgIpc) is 2.22. The molecule has 0 heterocycles. The van der Waals surface area contributed by atoms with E-state index in [0.717, 1.165) is 4.90 Å². The summed E-state index contributed by atoms with van der Waals surface area (Å²) in [5.41, 5.74) is -0.780. The van der Waals surface area contributed by atoms with E-state index in [2.05, 4.69) is 0 Å². The lowest BCUT2D eigenvalue weighted by atomic mass is 9.99. The molecule has 0 bridgehead atoms. The Bertz CT molecular complexity index is 367. The van der Waals surface area contributed by atoms with Crippen molar-refractivity contribution in [2.75, 3.05) is 6.61 Å². The van der Waals surface area contributed by atoms with Crippen LogP contribution in [0.3, 0.4) is 0 Å². The fraction of sp³-hybridized carbons (Fsp3) is 0.867. The van der Waals surface area contributed by atoms with E-state index in [4.69, 9.17) is 9.47 Å². The quantitative estimate of drug-likeness (QED) is 0.790. The third kappa shape index (κ3) is 7.90. The normalized spacial score (nSPS) is 15.2. The second kappa shape index (κ2) is 7.11. The summed E-state index contributed by atoms with van der Waals surface area (Å²) < 4.78 is 10.9. The highest BCUT2D eigenvalue weighted by Gasteiger charge is 2.34. The zero-order chi connectivity index (χ0) is 17.0. The fourth-order valence-corrected chi connectivity index (χ4v) is 1.51. The first kappa shape index (κ1) is 19.7. The Morgan fingerprint density at radius 2 is 1.57 bits per heavy atom. The molecule has 0 unspecified atom stereocenters. The van der Waals surface area contributed by atoms with Gasteiger partial charge in [-0.15, -0.1) is 0 Å². The lowest BCUT2D eigenvalue weighted by Crippen LogP contribution is -2.51. The summed E-state index contributed by atoms with van der Waals surface area (Å²) in [5, 5.41) is 9.17. The van der Waals surface area contributed by atoms with Crippen molar-refractivity contribution < 1.29 is 24.2 Å². The van der Waals surface area contributed by atoms with Gasteiger partial charge in [0.05, 0.1) is 6.61 Å². The predicted octanol–water partition coefficient (Wildman–Crippen LogP) is 3.11. The van der Waals surface area contributed by atoms with Crippen LogP contribution in [0.1, 0.15) is 55.4 Å². The van der Waals surface area contributed by atoms with E-state index in [1.54, 1.807) is 27.7 Å². The summed E-state index contributed by atoms with van der Waals surface area (Å²) >= 11 is 0. The minimum atomic E-state index is -1.10. The zero-order valence-corrected chi connectivity index (χ0v) is 14.4. The Hall–Kier alpha value is -1.30. The molecule has 0 aliphatic rings. The van der Waals surface area contributed by atoms with Gasteiger partial charge in [0.25, 0.3) is 0 Å². The summed E-state index contributed by atoms with van der Waals surface area (Å²) in [4.78, 5) is 24.6. The van der Waals surface area contributed by atoms with Gasteiger partial charge in [0.1, 0.15) is 17.9 Å². The molecule has 0 fully saturated rings. The van der Waals surface area contributed by atoms with Gasteiger partial charge < -0.3 is 14.6 Å². The fourth-order valence-electron chi connectivity index (χ4n) is 1.51. The molecule has 1 N–H and O–H groups in total. The van der Waals surface area contributed by atoms with E-state index in [9.17, 15) is 14.7 Å². The molecule has 0 aliphatic heterocycles. The van der Waals surface area contributed by atoms with Crippen molar-refractivity contribution in [3.8, 4) is 0 Å². The molecule has 0 radical (unpaired) electrons. The Kier molecular flexibility index (Phi) is 6.67. The average molecular weight is 303 g/mol. The number of carboxylic acid groups (broad SMARTS) is 1. The molecular formula is C15H29NO5. The molecule has 0 aromatic rings. The second-order valence-corrected chi connectivity index (χ2v) is 7.37. The first-order valence-corrected chi connectivity index (χ1v) is 7.10. The van der Waals surface area contributed by atoms with E-state index in [-0.39, 0.29) is 5.41 Å². The molecule has 1 amide bonds. The van der Waals surface area contributed by atoms with Crippen molar-refractivity contribution in [2.24, 2.45) is 5.41 Å². The Morgan fingerprint density at radius 1 is 1.10 bits per heavy atom. The molecule has 124 valence electrons. The van der Waals surface area contributed by atoms with E-state index in [1.807, 2.05) is 20.8 Å². The number of ether oxygens (including phenoxy) is 2. The number of carbonyl (C=O) groups is 2. The molecule has 2 atom stereocenters. The largest absolute Gasteiger partial charge is 0.480 e. The van der Waals surface area contributed by atoms with Crippen molar-refractivity contribution in [3.63, 3.8) is 0 Å². The third-order valence-corrected chi connectivity index (χ3v) is 2.53. The Labute approximate surface area is 127 Å². The van der Waals surface area contributed by atoms with Crippen LogP contribution in [0.4, 0.5) is 4.79 Å². The van der Waals surface area contributed by atoms with Gasteiger partial charge in [0.15, 0.2) is 0 Å². The molecule has 0 saturated heterocycles. The number of carboxylic acids is 1. The molecule has 0 aliphatic carbocycles. The topological polar surface area (TPSA) is 76.1 Å². The number of nitrogens with zero attached hydrogens (tertiary/aromatic N) is 1. The number of hydrogen-bond acceptors (Lipinski definition) is 4. The van der Waals surface area contributed by atoms with Crippen LogP contribution in [0.2, 0.25) is 0 Å². The minimum absolute atomic E-state index is 0.0830. The SMILES string of the molecule is C[C@@H](OCC(C)(C)C)N(C(=O)OC(C)(C)C)[C@@H](C)C(=O)O. The van der Waals surface area contributed by atoms with Crippen LogP contribution in [0.15, 0.2) is 0 Å². The molecule has 0 spiro atoms. The van der Waals surface area contributed by atoms with Gasteiger partial charge in [-0.05, 0) is 40.0 Å². The van der Waals surface area contributed by atoms with Crippen LogP contribution in [0, 0.1) is 5.41 Å². The highest BCUT2D eigenvalue weighted by Crippen LogP contribution is 2.19. The van der Waals surface area contributed by atoms with Crippen molar-refractivity contribution in [3.05, 3.63) is 0 Å². The van der Waals surface area contributed by atoms with Gasteiger partial charge in [-0.2, -0.15) is 0 Å². The highest BCUT2D eigenvalue weighted by atomic mass is 16.6. The number of hydrogen-bond donors (Lipinski definition) is 1. The second-order valence-electron chi connectivity index (χ2n) is 7.37. The Balaban J connectivity index is 5.05. The number of rotatable bonds is 5. The van der Waals surface area contributed by atoms with E-state index in [0.29, 0.717) is 6.61 Å². The maximum atomic E-state index is 12.2. The number of carbonyl (C=O) groups excluding carboxylic acids is 1. The van der Waals surface area contributed by atoms with Crippen LogP contribution in [-0.2, 0) is 14.3 Å². The van der Waals surface area contributed by atoms with Gasteiger partial charge in [-0.1, -0.05) is 20.8 Å². The summed E-state index contributed by atoms with van der Waals surface area (Å²) in [6.07, 6.45) is -1.39. The van der Waals surface area contributed by atoms with Gasteiger partial charge >= 0.3 is 12.1 Å². The summed E-state index contributed by atoms with van der Waals surface area (Å²) in [5.74, 6) is -1.10. The summed E-state index contributed by atoms with van der Waals surface area (Å²) in [6, 6.07) is -1.03. The molecule has 0 saturated carbocycles. The molecule has 0 aromatic heterocycles. The van der Waals surface area contributed by atoms with Crippen molar-refractivity contribution >= 4 is 12.1 Å². The Morgan fingerprint density at radius 3 is 1.90 bits per heavy atom. The molecule has 6 nitrogen and oxygen atoms in total. The number of aliphatic carboxylic acids is 1. The smallest absolute Gasteiger partial charge is 0.413 e. The lowest BCUT2D eigenvalue weighted by molar-refractivity contribution is -0.150. The maximum absolute atomic E-state index is 12.2. The highest BCUT2D eigenvalue weighted by molar-refractivity contribution is 5.79. The van der Waals surface area contributed by atoms with Crippen molar-refractivity contribution in [2.45, 2.75) is 73.3 Å². The molecule has 0 aromatic carbocycles. The van der Waals surface area contributed by atoms with Crippen molar-refractivity contribution in [1.29, 1.82) is 0 Å². The van der Waals surface area contributed by atoms with E-state index in [1.165, 1.54) is 6.92 Å². The van der Waals surface area contributed by atoms with Gasteiger partial charge in [-0.25, -0.2) is 9.59 Å². The monoisotopic (exact) mass is 303 g/mol. The van der Waals surface area contributed by atoms with Crippen LogP contribution in [0.25, 0.3) is 0 Å². The first-order valence-electron chi connectivity index (χ1n) is 7.10. The molecular weight excluding hydrogens is 274 g/mol. The van der Waals surface area contributed by atoms with Gasteiger partial charge in [-0.3, -0.25) is 4.90 Å². The van der Waals surface area contributed by atoms with Crippen LogP contribution in [-0.4, -0.2) is 46.5 Å². The molecule has 21 heavy (non-hydrogen) atoms. The molecule has 0 rings (SSSR count). The minimum Gasteiger partial charge on any atom is -0.480 e. The van der Waals surface area contributed by atoms with Crippen LogP contribution in [0.5, 0.6) is 0 Å². The summed E-state index contributed by atoms with van der Waals surface area (Å²) in [7, 11) is 0. The molecule has 6 heteroatoms. The van der Waals surface area contributed by atoms with Crippen LogP contribution < -0.4 is 0 Å².